The Bertz CT molecular complexity index is 1310. The molecule has 4 rings (SSSR count). The second-order valence-electron chi connectivity index (χ2n) is 8.42. The van der Waals surface area contributed by atoms with E-state index in [0.717, 1.165) is 18.8 Å². The lowest BCUT2D eigenvalue weighted by atomic mass is 9.94. The second kappa shape index (κ2) is 9.62. The number of phenolic OH excluding ortho intramolecular Hbond substituents is 1. The van der Waals surface area contributed by atoms with Gasteiger partial charge in [-0.3, -0.25) is 14.5 Å². The number of aliphatic hydroxyl groups is 1. The molecule has 2 N–H and O–H groups in total. The molecule has 1 aliphatic rings. The van der Waals surface area contributed by atoms with E-state index in [9.17, 15) is 24.2 Å². The molecule has 35 heavy (non-hydrogen) atoms. The van der Waals surface area contributed by atoms with E-state index in [-0.39, 0.29) is 16.9 Å². The van der Waals surface area contributed by atoms with E-state index in [1.165, 1.54) is 35.2 Å². The lowest BCUT2D eigenvalue weighted by Crippen LogP contribution is -2.29. The molecule has 0 bridgehead atoms. The first-order valence-corrected chi connectivity index (χ1v) is 11.5. The largest absolute Gasteiger partial charge is 0.508 e. The van der Waals surface area contributed by atoms with Crippen molar-refractivity contribution in [1.82, 2.24) is 0 Å². The van der Waals surface area contributed by atoms with Gasteiger partial charge in [0.25, 0.3) is 11.7 Å². The minimum Gasteiger partial charge on any atom is -0.508 e. The summed E-state index contributed by atoms with van der Waals surface area (Å²) in [6.07, 6.45) is 0. The van der Waals surface area contributed by atoms with Crippen molar-refractivity contribution in [3.05, 3.63) is 94.8 Å². The van der Waals surface area contributed by atoms with Crippen LogP contribution in [-0.2, 0) is 9.59 Å². The van der Waals surface area contributed by atoms with E-state index >= 15 is 0 Å². The molecule has 0 aromatic heterocycles. The predicted molar refractivity (Wildman–Crippen MR) is 134 cm³/mol. The summed E-state index contributed by atoms with van der Waals surface area (Å²) in [5.74, 6) is -2.54. The van der Waals surface area contributed by atoms with Crippen LogP contribution in [0.5, 0.6) is 5.75 Å². The summed E-state index contributed by atoms with van der Waals surface area (Å²) >= 11 is 0. The van der Waals surface area contributed by atoms with Crippen LogP contribution in [0, 0.1) is 12.7 Å². The number of Topliss-reactive ketones (excluding diaryl/α,β-unsaturated/α-hetero) is 1. The van der Waals surface area contributed by atoms with Gasteiger partial charge in [0.1, 0.15) is 17.3 Å². The summed E-state index contributed by atoms with van der Waals surface area (Å²) in [5.41, 5.74) is 2.31. The van der Waals surface area contributed by atoms with Crippen molar-refractivity contribution in [3.63, 3.8) is 0 Å². The molecular weight excluding hydrogens is 447 g/mol. The summed E-state index contributed by atoms with van der Waals surface area (Å²) in [5, 5.41) is 21.3. The Morgan fingerprint density at radius 2 is 1.69 bits per heavy atom. The minimum atomic E-state index is -0.980. The number of amides is 1. The molecule has 3 aromatic carbocycles. The molecule has 0 spiro atoms. The maximum atomic E-state index is 13.8. The number of aryl methyl sites for hydroxylation is 1. The number of aliphatic hydroxyl groups excluding tert-OH is 1. The number of nitrogens with zero attached hydrogens (tertiary/aromatic N) is 2. The fourth-order valence-corrected chi connectivity index (χ4v) is 4.47. The molecule has 0 aliphatic carbocycles. The molecular formula is C28H27FN2O4. The highest BCUT2D eigenvalue weighted by atomic mass is 19.1. The number of benzene rings is 3. The Labute approximate surface area is 203 Å². The highest BCUT2D eigenvalue weighted by Crippen LogP contribution is 2.43. The van der Waals surface area contributed by atoms with Gasteiger partial charge in [-0.15, -0.1) is 0 Å². The van der Waals surface area contributed by atoms with Crippen molar-refractivity contribution in [2.45, 2.75) is 26.8 Å². The van der Waals surface area contributed by atoms with E-state index in [0.29, 0.717) is 16.8 Å². The van der Waals surface area contributed by atoms with Gasteiger partial charge in [-0.25, -0.2) is 4.39 Å². The van der Waals surface area contributed by atoms with Crippen molar-refractivity contribution < 1.29 is 24.2 Å². The molecule has 1 fully saturated rings. The average molecular weight is 475 g/mol. The first-order chi connectivity index (χ1) is 16.8. The fourth-order valence-electron chi connectivity index (χ4n) is 4.47. The van der Waals surface area contributed by atoms with Crippen LogP contribution in [0.25, 0.3) is 5.76 Å². The zero-order valence-electron chi connectivity index (χ0n) is 19.8. The van der Waals surface area contributed by atoms with E-state index in [1.54, 1.807) is 31.2 Å². The molecule has 3 aromatic rings. The SMILES string of the molecule is CCN(CC)c1ccc(N2C(=O)C(=O)/C(=C(\O)c3ccc(F)c(C)c3)C2c2cccc(O)c2)cc1. The Morgan fingerprint density at radius 1 is 1.00 bits per heavy atom. The van der Waals surface area contributed by atoms with Gasteiger partial charge in [-0.1, -0.05) is 12.1 Å². The molecule has 180 valence electrons. The molecule has 0 radical (unpaired) electrons. The fraction of sp³-hybridized carbons (Fsp3) is 0.214. The van der Waals surface area contributed by atoms with Crippen molar-refractivity contribution in [3.8, 4) is 5.75 Å². The Hall–Kier alpha value is -4.13. The zero-order chi connectivity index (χ0) is 25.3. The number of aromatic hydroxyl groups is 1. The highest BCUT2D eigenvalue weighted by molar-refractivity contribution is 6.51. The third-order valence-corrected chi connectivity index (χ3v) is 6.32. The third kappa shape index (κ3) is 4.37. The molecule has 0 saturated carbocycles. The average Bonchev–Trinajstić information content (AvgIpc) is 3.12. The first-order valence-electron chi connectivity index (χ1n) is 11.5. The van der Waals surface area contributed by atoms with Crippen molar-refractivity contribution in [2.24, 2.45) is 0 Å². The monoisotopic (exact) mass is 474 g/mol. The van der Waals surface area contributed by atoms with Crippen LogP contribution >= 0.6 is 0 Å². The van der Waals surface area contributed by atoms with Gasteiger partial charge in [0.15, 0.2) is 0 Å². The molecule has 1 amide bonds. The smallest absolute Gasteiger partial charge is 0.300 e. The number of carbonyl (C=O) groups excluding carboxylic acids is 2. The van der Waals surface area contributed by atoms with E-state index in [1.807, 2.05) is 12.1 Å². The quantitative estimate of drug-likeness (QED) is 0.287. The van der Waals surface area contributed by atoms with Gasteiger partial charge in [0.2, 0.25) is 0 Å². The summed E-state index contributed by atoms with van der Waals surface area (Å²) in [6, 6.07) is 16.5. The van der Waals surface area contributed by atoms with E-state index < -0.39 is 29.3 Å². The number of rotatable bonds is 6. The highest BCUT2D eigenvalue weighted by Gasteiger charge is 2.47. The van der Waals surface area contributed by atoms with Crippen LogP contribution in [0.4, 0.5) is 15.8 Å². The van der Waals surface area contributed by atoms with Gasteiger partial charge < -0.3 is 15.1 Å². The molecule has 1 aliphatic heterocycles. The van der Waals surface area contributed by atoms with Gasteiger partial charge in [-0.2, -0.15) is 0 Å². The van der Waals surface area contributed by atoms with Gasteiger partial charge in [0, 0.05) is 30.0 Å². The zero-order valence-corrected chi connectivity index (χ0v) is 19.8. The maximum absolute atomic E-state index is 13.8. The molecule has 1 atom stereocenters. The van der Waals surface area contributed by atoms with E-state index in [2.05, 4.69) is 18.7 Å². The topological polar surface area (TPSA) is 81.1 Å². The Kier molecular flexibility index (Phi) is 6.60. The van der Waals surface area contributed by atoms with Crippen LogP contribution in [0.1, 0.15) is 36.6 Å². The number of anilines is 2. The summed E-state index contributed by atoms with van der Waals surface area (Å²) in [4.78, 5) is 30.0. The number of hydrogen-bond donors (Lipinski definition) is 2. The van der Waals surface area contributed by atoms with Crippen molar-refractivity contribution in [2.75, 3.05) is 22.9 Å². The summed E-state index contributed by atoms with van der Waals surface area (Å²) < 4.78 is 13.8. The summed E-state index contributed by atoms with van der Waals surface area (Å²) in [7, 11) is 0. The van der Waals surface area contributed by atoms with Gasteiger partial charge in [0.05, 0.1) is 11.6 Å². The standard InChI is InChI=1S/C28H27FN2O4/c1-4-30(5-2)20-10-12-21(13-11-20)31-25(18-7-6-8-22(32)16-18)24(27(34)28(31)35)26(33)19-9-14-23(29)17(3)15-19/h6-16,25,32-33H,4-5H2,1-3H3/b26-24-. The number of halogens is 1. The number of ketones is 1. The predicted octanol–water partition coefficient (Wildman–Crippen LogP) is 5.31. The third-order valence-electron chi connectivity index (χ3n) is 6.32. The van der Waals surface area contributed by atoms with Crippen LogP contribution in [0.2, 0.25) is 0 Å². The first kappa shape index (κ1) is 24.0. The molecule has 7 heteroatoms. The summed E-state index contributed by atoms with van der Waals surface area (Å²) in [6.45, 7) is 7.29. The minimum absolute atomic E-state index is 0.0393. The van der Waals surface area contributed by atoms with Crippen LogP contribution in [-0.4, -0.2) is 35.0 Å². The number of hydrogen-bond acceptors (Lipinski definition) is 5. The van der Waals surface area contributed by atoms with Crippen molar-refractivity contribution in [1.29, 1.82) is 0 Å². The van der Waals surface area contributed by atoms with E-state index in [4.69, 9.17) is 0 Å². The number of carbonyl (C=O) groups is 2. The number of phenols is 1. The second-order valence-corrected chi connectivity index (χ2v) is 8.42. The van der Waals surface area contributed by atoms with Crippen LogP contribution in [0.3, 0.4) is 0 Å². The molecule has 1 unspecified atom stereocenters. The van der Waals surface area contributed by atoms with Crippen LogP contribution < -0.4 is 9.80 Å². The molecule has 6 nitrogen and oxygen atoms in total. The maximum Gasteiger partial charge on any atom is 0.300 e. The lowest BCUT2D eigenvalue weighted by molar-refractivity contribution is -0.132. The lowest BCUT2D eigenvalue weighted by Gasteiger charge is -2.27. The molecule has 1 saturated heterocycles. The Balaban J connectivity index is 1.89. The Morgan fingerprint density at radius 3 is 2.29 bits per heavy atom. The van der Waals surface area contributed by atoms with Crippen LogP contribution in [0.15, 0.2) is 72.3 Å². The van der Waals surface area contributed by atoms with Gasteiger partial charge >= 0.3 is 0 Å². The normalized spacial score (nSPS) is 17.1. The van der Waals surface area contributed by atoms with Crippen molar-refractivity contribution >= 4 is 28.8 Å². The molecule has 1 heterocycles. The van der Waals surface area contributed by atoms with Gasteiger partial charge in [-0.05, 0) is 86.5 Å².